The summed E-state index contributed by atoms with van der Waals surface area (Å²) in [6, 6.07) is 5.51. The topological polar surface area (TPSA) is 67.2 Å². The number of imidazole rings is 1. The molecule has 1 heterocycles. The molecule has 6 nitrogen and oxygen atoms in total. The maximum Gasteiger partial charge on any atom is 0.301 e. The van der Waals surface area contributed by atoms with Gasteiger partial charge < -0.3 is 4.57 Å². The Hall–Kier alpha value is -1.60. The first-order valence-corrected chi connectivity index (χ1v) is 8.99. The van der Waals surface area contributed by atoms with Crippen molar-refractivity contribution < 1.29 is 8.42 Å². The minimum atomic E-state index is -3.49. The lowest BCUT2D eigenvalue weighted by atomic mass is 10.1. The molecule has 1 aromatic heterocycles. The highest BCUT2D eigenvalue weighted by molar-refractivity contribution is 7.90. The predicted octanol–water partition coefficient (Wildman–Crippen LogP) is 2.45. The van der Waals surface area contributed by atoms with Crippen LogP contribution in [0.2, 0.25) is 0 Å². The van der Waals surface area contributed by atoms with Crippen molar-refractivity contribution in [3.8, 4) is 0 Å². The largest absolute Gasteiger partial charge is 0.331 e. The van der Waals surface area contributed by atoms with Crippen LogP contribution in [0.25, 0.3) is 11.0 Å². The molecule has 0 atom stereocenters. The van der Waals surface area contributed by atoms with Crippen molar-refractivity contribution in [1.82, 2.24) is 13.9 Å². The summed E-state index contributed by atoms with van der Waals surface area (Å²) < 4.78 is 29.7. The molecule has 0 spiro atoms. The van der Waals surface area contributed by atoms with Crippen molar-refractivity contribution in [3.63, 3.8) is 0 Å². The van der Waals surface area contributed by atoms with Crippen LogP contribution in [0.1, 0.15) is 37.4 Å². The van der Waals surface area contributed by atoms with E-state index in [4.69, 9.17) is 4.98 Å². The zero-order chi connectivity index (χ0) is 15.9. The summed E-state index contributed by atoms with van der Waals surface area (Å²) >= 11 is 0. The van der Waals surface area contributed by atoms with Crippen LogP contribution in [0.15, 0.2) is 18.2 Å². The lowest BCUT2D eigenvalue weighted by Crippen LogP contribution is -2.28. The Morgan fingerprint density at radius 2 is 1.95 bits per heavy atom. The van der Waals surface area contributed by atoms with E-state index in [1.165, 1.54) is 39.8 Å². The van der Waals surface area contributed by atoms with Gasteiger partial charge in [-0.3, -0.25) is 4.72 Å². The van der Waals surface area contributed by atoms with Crippen molar-refractivity contribution in [2.75, 3.05) is 18.8 Å². The number of rotatable bonds is 4. The number of nitrogens with one attached hydrogen (secondary N) is 1. The lowest BCUT2D eigenvalue weighted by Gasteiger charge is -2.13. The number of fused-ring (bicyclic) bond motifs is 1. The molecule has 1 fully saturated rings. The molecule has 1 aliphatic carbocycles. The van der Waals surface area contributed by atoms with E-state index in [1.54, 1.807) is 12.1 Å². The first kappa shape index (κ1) is 15.3. The molecule has 1 N–H and O–H groups in total. The molecule has 0 unspecified atom stereocenters. The van der Waals surface area contributed by atoms with Gasteiger partial charge in [0.25, 0.3) is 0 Å². The average molecular weight is 322 g/mol. The van der Waals surface area contributed by atoms with E-state index in [0.717, 1.165) is 21.2 Å². The highest BCUT2D eigenvalue weighted by Gasteiger charge is 2.22. The monoisotopic (exact) mass is 322 g/mol. The molecule has 22 heavy (non-hydrogen) atoms. The quantitative estimate of drug-likeness (QED) is 0.940. The number of hydrogen-bond donors (Lipinski definition) is 1. The Labute approximate surface area is 131 Å². The maximum atomic E-state index is 11.9. The molecule has 7 heteroatoms. The Kier molecular flexibility index (Phi) is 3.86. The second-order valence-corrected chi connectivity index (χ2v) is 7.99. The van der Waals surface area contributed by atoms with Crippen molar-refractivity contribution in [2.24, 2.45) is 7.05 Å². The predicted molar refractivity (Wildman–Crippen MR) is 88.2 cm³/mol. The molecule has 1 saturated carbocycles. The van der Waals surface area contributed by atoms with Gasteiger partial charge in [0.1, 0.15) is 5.82 Å². The Bertz CT molecular complexity index is 789. The SMILES string of the molecule is CN(C)S(=O)(=O)Nc1ccc2c(c1)nc(C1CCCC1)n2C. The van der Waals surface area contributed by atoms with Gasteiger partial charge in [-0.1, -0.05) is 12.8 Å². The van der Waals surface area contributed by atoms with E-state index in [2.05, 4.69) is 9.29 Å². The standard InChI is InChI=1S/C15H22N4O2S/c1-18(2)22(20,21)17-12-8-9-14-13(10-12)16-15(19(14)3)11-6-4-5-7-11/h8-11,17H,4-7H2,1-3H3. The zero-order valence-corrected chi connectivity index (χ0v) is 14.0. The molecule has 0 bridgehead atoms. The van der Waals surface area contributed by atoms with Crippen LogP contribution in [0.5, 0.6) is 0 Å². The summed E-state index contributed by atoms with van der Waals surface area (Å²) in [5, 5.41) is 0. The van der Waals surface area contributed by atoms with Gasteiger partial charge in [-0.25, -0.2) is 4.98 Å². The lowest BCUT2D eigenvalue weighted by molar-refractivity contribution is 0.527. The molecule has 120 valence electrons. The van der Waals surface area contributed by atoms with E-state index in [1.807, 2.05) is 13.1 Å². The number of anilines is 1. The van der Waals surface area contributed by atoms with Gasteiger partial charge in [0.05, 0.1) is 16.7 Å². The van der Waals surface area contributed by atoms with E-state index < -0.39 is 10.2 Å². The molecule has 2 aromatic rings. The van der Waals surface area contributed by atoms with Crippen LogP contribution in [0, 0.1) is 0 Å². The Morgan fingerprint density at radius 1 is 1.27 bits per heavy atom. The number of hydrogen-bond acceptors (Lipinski definition) is 3. The number of nitrogens with zero attached hydrogens (tertiary/aromatic N) is 3. The summed E-state index contributed by atoms with van der Waals surface area (Å²) in [4.78, 5) is 4.74. The molecular formula is C15H22N4O2S. The molecule has 0 amide bonds. The zero-order valence-electron chi connectivity index (χ0n) is 13.2. The summed E-state index contributed by atoms with van der Waals surface area (Å²) in [5.74, 6) is 1.64. The van der Waals surface area contributed by atoms with Crippen LogP contribution < -0.4 is 4.72 Å². The van der Waals surface area contributed by atoms with Gasteiger partial charge in [-0.05, 0) is 31.0 Å². The average Bonchev–Trinajstić information content (AvgIpc) is 3.06. The van der Waals surface area contributed by atoms with Crippen LogP contribution in [-0.4, -0.2) is 36.4 Å². The van der Waals surface area contributed by atoms with Crippen LogP contribution in [-0.2, 0) is 17.3 Å². The van der Waals surface area contributed by atoms with Gasteiger partial charge in [-0.15, -0.1) is 0 Å². The van der Waals surface area contributed by atoms with E-state index >= 15 is 0 Å². The first-order chi connectivity index (χ1) is 10.4. The second-order valence-electron chi connectivity index (χ2n) is 6.10. The van der Waals surface area contributed by atoms with Crippen LogP contribution >= 0.6 is 0 Å². The fourth-order valence-corrected chi connectivity index (χ4v) is 3.68. The van der Waals surface area contributed by atoms with Gasteiger partial charge >= 0.3 is 10.2 Å². The molecule has 0 saturated heterocycles. The highest BCUT2D eigenvalue weighted by atomic mass is 32.2. The Morgan fingerprint density at radius 3 is 2.59 bits per heavy atom. The molecule has 0 aliphatic heterocycles. The minimum absolute atomic E-state index is 0.527. The van der Waals surface area contributed by atoms with Gasteiger partial charge in [0.2, 0.25) is 0 Å². The summed E-state index contributed by atoms with van der Waals surface area (Å²) in [5.41, 5.74) is 2.41. The highest BCUT2D eigenvalue weighted by Crippen LogP contribution is 2.35. The third-order valence-corrected chi connectivity index (χ3v) is 5.82. The van der Waals surface area contributed by atoms with Crippen LogP contribution in [0.4, 0.5) is 5.69 Å². The van der Waals surface area contributed by atoms with Gasteiger partial charge in [0, 0.05) is 27.1 Å². The van der Waals surface area contributed by atoms with Crippen LogP contribution in [0.3, 0.4) is 0 Å². The minimum Gasteiger partial charge on any atom is -0.331 e. The first-order valence-electron chi connectivity index (χ1n) is 7.55. The molecular weight excluding hydrogens is 300 g/mol. The number of benzene rings is 1. The third kappa shape index (κ3) is 2.70. The van der Waals surface area contributed by atoms with E-state index in [-0.39, 0.29) is 0 Å². The smallest absolute Gasteiger partial charge is 0.301 e. The summed E-state index contributed by atoms with van der Waals surface area (Å²) in [7, 11) is 1.54. The number of aromatic nitrogens is 2. The van der Waals surface area contributed by atoms with Gasteiger partial charge in [-0.2, -0.15) is 12.7 Å². The maximum absolute atomic E-state index is 11.9. The fourth-order valence-electron chi connectivity index (χ4n) is 3.07. The molecule has 0 radical (unpaired) electrons. The van der Waals surface area contributed by atoms with Gasteiger partial charge in [0.15, 0.2) is 0 Å². The Balaban J connectivity index is 1.96. The molecule has 3 rings (SSSR count). The van der Waals surface area contributed by atoms with E-state index in [0.29, 0.717) is 11.6 Å². The number of aryl methyl sites for hydroxylation is 1. The fraction of sp³-hybridized carbons (Fsp3) is 0.533. The summed E-state index contributed by atoms with van der Waals surface area (Å²) in [6.07, 6.45) is 4.91. The second kappa shape index (κ2) is 5.55. The summed E-state index contributed by atoms with van der Waals surface area (Å²) in [6.45, 7) is 0. The van der Waals surface area contributed by atoms with Crippen molar-refractivity contribution in [3.05, 3.63) is 24.0 Å². The molecule has 1 aromatic carbocycles. The van der Waals surface area contributed by atoms with Crippen molar-refractivity contribution in [2.45, 2.75) is 31.6 Å². The molecule has 1 aliphatic rings. The van der Waals surface area contributed by atoms with E-state index in [9.17, 15) is 8.42 Å². The normalized spacial score (nSPS) is 16.7. The van der Waals surface area contributed by atoms with Crippen molar-refractivity contribution >= 4 is 26.9 Å². The van der Waals surface area contributed by atoms with Crippen molar-refractivity contribution in [1.29, 1.82) is 0 Å². The third-order valence-electron chi connectivity index (χ3n) is 4.36.